The number of nitrogens with zero attached hydrogens (tertiary/aromatic N) is 4. The van der Waals surface area contributed by atoms with Gasteiger partial charge in [0.05, 0.1) is 10.0 Å². The molecule has 2 heterocycles. The first-order valence-corrected chi connectivity index (χ1v) is 7.40. The van der Waals surface area contributed by atoms with E-state index in [1.165, 1.54) is 0 Å². The fourth-order valence-corrected chi connectivity index (χ4v) is 2.26. The zero-order chi connectivity index (χ0) is 16.4. The average Bonchev–Trinajstić information content (AvgIpc) is 2.97. The summed E-state index contributed by atoms with van der Waals surface area (Å²) in [6.45, 7) is 1.85. The highest BCUT2D eigenvalue weighted by atomic mass is 35.5. The van der Waals surface area contributed by atoms with Gasteiger partial charge in [-0.1, -0.05) is 23.2 Å². The summed E-state index contributed by atoms with van der Waals surface area (Å²) >= 11 is 11.8. The van der Waals surface area contributed by atoms with Gasteiger partial charge in [-0.05, 0) is 37.3 Å². The molecule has 0 atom stereocenters. The van der Waals surface area contributed by atoms with Crippen LogP contribution in [0.1, 0.15) is 16.3 Å². The summed E-state index contributed by atoms with van der Waals surface area (Å²) in [5.74, 6) is 0.989. The Balaban J connectivity index is 1.77. The molecule has 0 bridgehead atoms. The van der Waals surface area contributed by atoms with Crippen molar-refractivity contribution in [3.8, 4) is 5.82 Å². The molecule has 0 saturated heterocycles. The number of rotatable bonds is 3. The van der Waals surface area contributed by atoms with Gasteiger partial charge in [0.2, 0.25) is 0 Å². The first-order chi connectivity index (χ1) is 11.0. The largest absolute Gasteiger partial charge is 0.321 e. The number of anilines is 1. The van der Waals surface area contributed by atoms with E-state index < -0.39 is 0 Å². The minimum absolute atomic E-state index is 0.192. The number of carbonyl (C=O) groups excluding carboxylic acids is 1. The predicted octanol–water partition coefficient (Wildman–Crippen LogP) is 3.53. The lowest BCUT2D eigenvalue weighted by atomic mass is 10.3. The number of halogens is 2. The fraction of sp³-hybridized carbons (Fsp3) is 0.0667. The van der Waals surface area contributed by atoms with E-state index in [2.05, 4.69) is 20.5 Å². The number of carbonyl (C=O) groups is 1. The van der Waals surface area contributed by atoms with Crippen LogP contribution in [0.5, 0.6) is 0 Å². The zero-order valence-electron chi connectivity index (χ0n) is 12.0. The van der Waals surface area contributed by atoms with E-state index in [0.717, 1.165) is 5.82 Å². The summed E-state index contributed by atoms with van der Waals surface area (Å²) in [6.07, 6.45) is 3.44. The molecule has 8 heteroatoms. The Morgan fingerprint density at radius 1 is 1.13 bits per heavy atom. The maximum absolute atomic E-state index is 12.2. The third-order valence-corrected chi connectivity index (χ3v) is 3.87. The van der Waals surface area contributed by atoms with Gasteiger partial charge in [0, 0.05) is 18.1 Å². The van der Waals surface area contributed by atoms with Crippen LogP contribution in [-0.2, 0) is 0 Å². The third kappa shape index (κ3) is 3.33. The first kappa shape index (κ1) is 15.5. The van der Waals surface area contributed by atoms with Crippen LogP contribution in [0.25, 0.3) is 5.82 Å². The van der Waals surface area contributed by atoms with Crippen molar-refractivity contribution in [2.24, 2.45) is 0 Å². The minimum Gasteiger partial charge on any atom is -0.321 e. The molecule has 3 rings (SSSR count). The fourth-order valence-electron chi connectivity index (χ4n) is 1.96. The molecule has 0 aliphatic rings. The number of aromatic nitrogens is 4. The summed E-state index contributed by atoms with van der Waals surface area (Å²) in [7, 11) is 0. The van der Waals surface area contributed by atoms with Crippen molar-refractivity contribution in [3.05, 3.63) is 64.3 Å². The highest BCUT2D eigenvalue weighted by molar-refractivity contribution is 6.42. The number of aryl methyl sites for hydroxylation is 1. The van der Waals surface area contributed by atoms with Crippen LogP contribution in [-0.4, -0.2) is 25.7 Å². The molecule has 0 spiro atoms. The Bertz CT molecular complexity index is 861. The van der Waals surface area contributed by atoms with Crippen LogP contribution < -0.4 is 5.32 Å². The Morgan fingerprint density at radius 2 is 1.96 bits per heavy atom. The molecule has 116 valence electrons. The van der Waals surface area contributed by atoms with Gasteiger partial charge >= 0.3 is 0 Å². The molecule has 3 aromatic rings. The lowest BCUT2D eigenvalue weighted by molar-refractivity contribution is 0.102. The lowest BCUT2D eigenvalue weighted by Gasteiger charge is -2.07. The monoisotopic (exact) mass is 347 g/mol. The smallest absolute Gasteiger partial charge is 0.276 e. The maximum Gasteiger partial charge on any atom is 0.276 e. The van der Waals surface area contributed by atoms with Crippen molar-refractivity contribution >= 4 is 34.8 Å². The van der Waals surface area contributed by atoms with Gasteiger partial charge in [0.15, 0.2) is 11.5 Å². The summed E-state index contributed by atoms with van der Waals surface area (Å²) in [5.41, 5.74) is 0.721. The number of imidazole rings is 1. The van der Waals surface area contributed by atoms with E-state index in [0.29, 0.717) is 21.6 Å². The Labute approximate surface area is 142 Å². The number of benzene rings is 1. The van der Waals surface area contributed by atoms with Gasteiger partial charge in [-0.2, -0.15) is 0 Å². The molecule has 2 aromatic heterocycles. The van der Waals surface area contributed by atoms with Gasteiger partial charge in [0.1, 0.15) is 5.82 Å². The molecule has 0 unspecified atom stereocenters. The zero-order valence-corrected chi connectivity index (χ0v) is 13.5. The van der Waals surface area contributed by atoms with Crippen molar-refractivity contribution in [2.75, 3.05) is 5.32 Å². The molecule has 0 aliphatic carbocycles. The summed E-state index contributed by atoms with van der Waals surface area (Å²) in [4.78, 5) is 16.3. The van der Waals surface area contributed by atoms with E-state index in [-0.39, 0.29) is 11.6 Å². The van der Waals surface area contributed by atoms with Gasteiger partial charge in [-0.25, -0.2) is 4.98 Å². The molecule has 1 aromatic carbocycles. The van der Waals surface area contributed by atoms with E-state index in [1.54, 1.807) is 47.3 Å². The normalized spacial score (nSPS) is 10.6. The molecule has 0 saturated carbocycles. The average molecular weight is 348 g/mol. The van der Waals surface area contributed by atoms with Crippen LogP contribution in [0.15, 0.2) is 42.7 Å². The third-order valence-electron chi connectivity index (χ3n) is 3.13. The van der Waals surface area contributed by atoms with Crippen molar-refractivity contribution in [1.82, 2.24) is 19.7 Å². The predicted molar refractivity (Wildman–Crippen MR) is 88.3 cm³/mol. The SMILES string of the molecule is Cc1nccn1-c1ccc(C(=O)Nc2ccc(Cl)c(Cl)c2)nn1. The molecular formula is C15H11Cl2N5O. The van der Waals surface area contributed by atoms with Crippen molar-refractivity contribution in [3.63, 3.8) is 0 Å². The van der Waals surface area contributed by atoms with Gasteiger partial charge in [-0.15, -0.1) is 10.2 Å². The molecule has 1 amide bonds. The summed E-state index contributed by atoms with van der Waals surface area (Å²) < 4.78 is 1.77. The van der Waals surface area contributed by atoms with Crippen molar-refractivity contribution < 1.29 is 4.79 Å². The van der Waals surface area contributed by atoms with Gasteiger partial charge in [0.25, 0.3) is 5.91 Å². The molecule has 0 aliphatic heterocycles. The molecule has 0 radical (unpaired) electrons. The Hall–Kier alpha value is -2.44. The molecule has 0 fully saturated rings. The standard InChI is InChI=1S/C15H11Cl2N5O/c1-9-18-6-7-22(9)14-5-4-13(20-21-14)15(23)19-10-2-3-11(16)12(17)8-10/h2-8H,1H3,(H,19,23). The highest BCUT2D eigenvalue weighted by Gasteiger charge is 2.11. The number of amides is 1. The van der Waals surface area contributed by atoms with Crippen LogP contribution in [0, 0.1) is 6.92 Å². The molecule has 6 nitrogen and oxygen atoms in total. The van der Waals surface area contributed by atoms with E-state index in [4.69, 9.17) is 23.2 Å². The Kier molecular flexibility index (Phi) is 4.27. The molecule has 1 N–H and O–H groups in total. The van der Waals surface area contributed by atoms with E-state index >= 15 is 0 Å². The number of hydrogen-bond donors (Lipinski definition) is 1. The topological polar surface area (TPSA) is 72.7 Å². The van der Waals surface area contributed by atoms with Crippen LogP contribution in [0.3, 0.4) is 0 Å². The van der Waals surface area contributed by atoms with E-state index in [1.807, 2.05) is 6.92 Å². The highest BCUT2D eigenvalue weighted by Crippen LogP contribution is 2.25. The molecule has 23 heavy (non-hydrogen) atoms. The van der Waals surface area contributed by atoms with Crippen LogP contribution in [0.4, 0.5) is 5.69 Å². The second-order valence-corrected chi connectivity index (χ2v) is 5.52. The number of nitrogens with one attached hydrogen (secondary N) is 1. The van der Waals surface area contributed by atoms with Crippen molar-refractivity contribution in [1.29, 1.82) is 0 Å². The first-order valence-electron chi connectivity index (χ1n) is 6.65. The minimum atomic E-state index is -0.384. The second kappa shape index (κ2) is 6.36. The van der Waals surface area contributed by atoms with Gasteiger partial charge < -0.3 is 5.32 Å². The van der Waals surface area contributed by atoms with Crippen molar-refractivity contribution in [2.45, 2.75) is 6.92 Å². The van der Waals surface area contributed by atoms with Crippen LogP contribution in [0.2, 0.25) is 10.0 Å². The number of hydrogen-bond acceptors (Lipinski definition) is 4. The summed E-state index contributed by atoms with van der Waals surface area (Å²) in [6, 6.07) is 8.12. The maximum atomic E-state index is 12.2. The van der Waals surface area contributed by atoms with E-state index in [9.17, 15) is 4.79 Å². The summed E-state index contributed by atoms with van der Waals surface area (Å²) in [5, 5.41) is 11.5. The lowest BCUT2D eigenvalue weighted by Crippen LogP contribution is -2.15. The van der Waals surface area contributed by atoms with Gasteiger partial charge in [-0.3, -0.25) is 9.36 Å². The van der Waals surface area contributed by atoms with Crippen LogP contribution >= 0.6 is 23.2 Å². The quantitative estimate of drug-likeness (QED) is 0.786. The second-order valence-electron chi connectivity index (χ2n) is 4.70. The molecular weight excluding hydrogens is 337 g/mol. The Morgan fingerprint density at radius 3 is 2.57 bits per heavy atom.